The largest absolute Gasteiger partial charge is 0.375 e. The van der Waals surface area contributed by atoms with Crippen molar-refractivity contribution in [3.8, 4) is 16.9 Å². The van der Waals surface area contributed by atoms with Crippen molar-refractivity contribution in [2.24, 2.45) is 10.8 Å². The minimum absolute atomic E-state index is 0.168. The van der Waals surface area contributed by atoms with Crippen molar-refractivity contribution in [3.05, 3.63) is 101 Å². The predicted molar refractivity (Wildman–Crippen MR) is 133 cm³/mol. The van der Waals surface area contributed by atoms with Gasteiger partial charge in [-0.1, -0.05) is 52.3 Å². The van der Waals surface area contributed by atoms with E-state index < -0.39 is 0 Å². The minimum atomic E-state index is -0.168. The van der Waals surface area contributed by atoms with Crippen LogP contribution in [0.1, 0.15) is 23.6 Å². The molecule has 0 radical (unpaired) electrons. The van der Waals surface area contributed by atoms with Crippen LogP contribution in [0, 0.1) is 0 Å². The number of pyridine rings is 1. The Balaban J connectivity index is 1.62. The molecule has 6 nitrogen and oxygen atoms in total. The average molecular weight is 503 g/mol. The maximum atomic E-state index is 6.09. The summed E-state index contributed by atoms with van der Waals surface area (Å²) in [6.45, 7) is 0. The first-order chi connectivity index (χ1) is 15.6. The van der Waals surface area contributed by atoms with E-state index in [0.29, 0.717) is 6.42 Å². The number of halogens is 1. The molecule has 0 saturated heterocycles. The van der Waals surface area contributed by atoms with E-state index in [1.807, 2.05) is 83.8 Å². The summed E-state index contributed by atoms with van der Waals surface area (Å²) in [5, 5.41) is 11.6. The lowest BCUT2D eigenvalue weighted by atomic mass is 9.97. The molecule has 1 atom stereocenters. The van der Waals surface area contributed by atoms with Gasteiger partial charge in [0, 0.05) is 46.2 Å². The van der Waals surface area contributed by atoms with Crippen LogP contribution in [0.4, 0.5) is 0 Å². The van der Waals surface area contributed by atoms with E-state index in [0.717, 1.165) is 38.3 Å². The first-order valence-electron chi connectivity index (χ1n) is 10.1. The van der Waals surface area contributed by atoms with Crippen LogP contribution in [0.3, 0.4) is 0 Å². The predicted octanol–water partition coefficient (Wildman–Crippen LogP) is 5.09. The van der Waals surface area contributed by atoms with Crippen LogP contribution in [-0.4, -0.2) is 30.6 Å². The Kier molecular flexibility index (Phi) is 5.55. The third kappa shape index (κ3) is 3.94. The number of nitrogens with zero attached hydrogens (tertiary/aromatic N) is 5. The second-order valence-corrected chi connectivity index (χ2v) is 8.75. The highest BCUT2D eigenvalue weighted by Gasteiger charge is 2.34. The molecule has 1 aliphatic rings. The first-order valence-corrected chi connectivity index (χ1v) is 11.3. The summed E-state index contributed by atoms with van der Waals surface area (Å²) in [4.78, 5) is 4.23. The summed E-state index contributed by atoms with van der Waals surface area (Å²) in [6.07, 6.45) is 6.25. The van der Waals surface area contributed by atoms with E-state index in [1.54, 1.807) is 11.2 Å². The number of hydrogen-bond donors (Lipinski definition) is 1. The molecule has 0 fully saturated rings. The molecule has 1 aliphatic heterocycles. The van der Waals surface area contributed by atoms with Gasteiger partial charge in [-0.05, 0) is 42.5 Å². The molecular formula is C24H19BrN6S. The SMILES string of the molecule is NC(=S)N1N=C(c2cccnc2)CC1c1cn(-c2ccccc2)nc1-c1ccc(Br)cc1. The van der Waals surface area contributed by atoms with E-state index in [9.17, 15) is 0 Å². The van der Waals surface area contributed by atoms with Crippen LogP contribution in [0.25, 0.3) is 16.9 Å². The van der Waals surface area contributed by atoms with Gasteiger partial charge >= 0.3 is 0 Å². The number of aromatic nitrogens is 3. The molecule has 8 heteroatoms. The van der Waals surface area contributed by atoms with Gasteiger partial charge in [-0.2, -0.15) is 10.2 Å². The Bertz CT molecular complexity index is 1290. The number of thiocarbonyl (C=S) groups is 1. The summed E-state index contributed by atoms with van der Waals surface area (Å²) in [6, 6.07) is 21.9. The minimum Gasteiger partial charge on any atom is -0.375 e. The van der Waals surface area contributed by atoms with Crippen molar-refractivity contribution < 1.29 is 0 Å². The molecule has 5 rings (SSSR count). The van der Waals surface area contributed by atoms with Gasteiger partial charge in [0.15, 0.2) is 5.11 Å². The third-order valence-electron chi connectivity index (χ3n) is 5.37. The molecule has 3 heterocycles. The van der Waals surface area contributed by atoms with Gasteiger partial charge in [-0.3, -0.25) is 4.98 Å². The molecule has 2 aromatic carbocycles. The molecule has 32 heavy (non-hydrogen) atoms. The zero-order valence-corrected chi connectivity index (χ0v) is 19.4. The van der Waals surface area contributed by atoms with Crippen molar-refractivity contribution >= 4 is 39.0 Å². The molecule has 2 N–H and O–H groups in total. The van der Waals surface area contributed by atoms with Crippen molar-refractivity contribution in [1.82, 2.24) is 19.8 Å². The maximum Gasteiger partial charge on any atom is 0.187 e. The van der Waals surface area contributed by atoms with Gasteiger partial charge in [0.05, 0.1) is 23.1 Å². The Morgan fingerprint density at radius 2 is 1.78 bits per heavy atom. The Morgan fingerprint density at radius 3 is 2.47 bits per heavy atom. The first kappa shape index (κ1) is 20.5. The molecule has 1 unspecified atom stereocenters. The normalized spacial score (nSPS) is 15.6. The fourth-order valence-corrected chi connectivity index (χ4v) is 4.27. The fraction of sp³-hybridized carbons (Fsp3) is 0.0833. The van der Waals surface area contributed by atoms with Crippen LogP contribution in [0.15, 0.2) is 94.9 Å². The molecule has 4 aromatic rings. The molecule has 0 spiro atoms. The highest BCUT2D eigenvalue weighted by Crippen LogP contribution is 2.38. The smallest absolute Gasteiger partial charge is 0.187 e. The third-order valence-corrected chi connectivity index (χ3v) is 6.09. The zero-order valence-electron chi connectivity index (χ0n) is 17.0. The Morgan fingerprint density at radius 1 is 1.00 bits per heavy atom. The van der Waals surface area contributed by atoms with Crippen LogP contribution in [0.5, 0.6) is 0 Å². The molecular weight excluding hydrogens is 484 g/mol. The molecule has 0 bridgehead atoms. The van der Waals surface area contributed by atoms with Crippen molar-refractivity contribution in [2.75, 3.05) is 0 Å². The summed E-state index contributed by atoms with van der Waals surface area (Å²) >= 11 is 8.88. The number of hydrazone groups is 1. The lowest BCUT2D eigenvalue weighted by Crippen LogP contribution is -2.31. The quantitative estimate of drug-likeness (QED) is 0.393. The molecule has 0 saturated carbocycles. The van der Waals surface area contributed by atoms with Gasteiger partial charge in [-0.25, -0.2) is 9.69 Å². The van der Waals surface area contributed by atoms with Crippen LogP contribution < -0.4 is 5.73 Å². The van der Waals surface area contributed by atoms with E-state index in [1.165, 1.54) is 0 Å². The van der Waals surface area contributed by atoms with Gasteiger partial charge in [-0.15, -0.1) is 0 Å². The summed E-state index contributed by atoms with van der Waals surface area (Å²) in [5.74, 6) is 0. The highest BCUT2D eigenvalue weighted by atomic mass is 79.9. The second-order valence-electron chi connectivity index (χ2n) is 7.41. The maximum absolute atomic E-state index is 6.09. The van der Waals surface area contributed by atoms with E-state index in [4.69, 9.17) is 28.2 Å². The zero-order chi connectivity index (χ0) is 22.1. The lowest BCUT2D eigenvalue weighted by Gasteiger charge is -2.21. The lowest BCUT2D eigenvalue weighted by molar-refractivity contribution is 0.373. The number of hydrogen-bond acceptors (Lipinski definition) is 4. The number of benzene rings is 2. The average Bonchev–Trinajstić information content (AvgIpc) is 3.46. The fourth-order valence-electron chi connectivity index (χ4n) is 3.84. The van der Waals surface area contributed by atoms with E-state index in [2.05, 4.69) is 20.9 Å². The van der Waals surface area contributed by atoms with Crippen LogP contribution in [0.2, 0.25) is 0 Å². The van der Waals surface area contributed by atoms with Gasteiger partial charge in [0.2, 0.25) is 0 Å². The summed E-state index contributed by atoms with van der Waals surface area (Å²) in [5.41, 5.74) is 11.8. The monoisotopic (exact) mass is 502 g/mol. The van der Waals surface area contributed by atoms with E-state index >= 15 is 0 Å². The number of rotatable bonds is 4. The highest BCUT2D eigenvalue weighted by molar-refractivity contribution is 9.10. The van der Waals surface area contributed by atoms with Crippen molar-refractivity contribution in [1.29, 1.82) is 0 Å². The molecule has 0 aliphatic carbocycles. The van der Waals surface area contributed by atoms with Crippen LogP contribution in [-0.2, 0) is 0 Å². The number of para-hydroxylation sites is 1. The van der Waals surface area contributed by atoms with Crippen LogP contribution >= 0.6 is 28.1 Å². The topological polar surface area (TPSA) is 72.3 Å². The van der Waals surface area contributed by atoms with Crippen molar-refractivity contribution in [3.63, 3.8) is 0 Å². The van der Waals surface area contributed by atoms with Gasteiger partial charge in [0.25, 0.3) is 0 Å². The standard InChI is InChI=1S/C24H19BrN6S/c25-18-10-8-16(9-11-18)23-20(15-30(29-23)19-6-2-1-3-7-19)22-13-21(28-31(22)24(26)32)17-5-4-12-27-14-17/h1-12,14-15,22H,13H2,(H2,26,32). The van der Waals surface area contributed by atoms with Gasteiger partial charge in [0.1, 0.15) is 0 Å². The number of nitrogens with two attached hydrogens (primary N) is 1. The summed E-state index contributed by atoms with van der Waals surface area (Å²) in [7, 11) is 0. The Labute approximate surface area is 199 Å². The Hall–Kier alpha value is -3.36. The molecule has 0 amide bonds. The van der Waals surface area contributed by atoms with E-state index in [-0.39, 0.29) is 11.2 Å². The summed E-state index contributed by atoms with van der Waals surface area (Å²) < 4.78 is 2.91. The van der Waals surface area contributed by atoms with Crippen molar-refractivity contribution in [2.45, 2.75) is 12.5 Å². The van der Waals surface area contributed by atoms with Gasteiger partial charge < -0.3 is 5.73 Å². The second kappa shape index (κ2) is 8.64. The molecule has 2 aromatic heterocycles. The molecule has 158 valence electrons.